The zero-order valence-electron chi connectivity index (χ0n) is 19.8. The van der Waals surface area contributed by atoms with Crippen molar-refractivity contribution >= 4 is 22.6 Å². The van der Waals surface area contributed by atoms with Gasteiger partial charge >= 0.3 is 5.56 Å². The number of aromatic amines is 1. The summed E-state index contributed by atoms with van der Waals surface area (Å²) in [6.07, 6.45) is 1.53. The number of benzene rings is 1. The van der Waals surface area contributed by atoms with Crippen LogP contribution in [0.5, 0.6) is 5.88 Å². The van der Waals surface area contributed by atoms with E-state index in [1.54, 1.807) is 18.2 Å². The number of amides is 1. The summed E-state index contributed by atoms with van der Waals surface area (Å²) < 4.78 is 41.2. The average Bonchev–Trinajstić information content (AvgIpc) is 2.80. The first-order chi connectivity index (χ1) is 16.1. The molecule has 1 aliphatic rings. The number of nitrogens with one attached hydrogen (secondary N) is 2. The highest BCUT2D eigenvalue weighted by atomic mass is 19.1. The number of methoxy groups -OCH3 is 1. The summed E-state index contributed by atoms with van der Waals surface area (Å²) in [5.41, 5.74) is 1.06. The van der Waals surface area contributed by atoms with E-state index in [-0.39, 0.29) is 17.1 Å². The number of anilines is 1. The van der Waals surface area contributed by atoms with E-state index in [9.17, 15) is 9.59 Å². The Kier molecular flexibility index (Phi) is 4.81. The maximum atomic E-state index is 15.0. The van der Waals surface area contributed by atoms with E-state index in [1.807, 2.05) is 5.32 Å². The van der Waals surface area contributed by atoms with E-state index in [4.69, 9.17) is 8.85 Å². The third-order valence-electron chi connectivity index (χ3n) is 5.27. The average molecular weight is 429 g/mol. The molecule has 1 aromatic carbocycles. The number of halogens is 1. The van der Waals surface area contributed by atoms with Gasteiger partial charge < -0.3 is 19.9 Å². The van der Waals surface area contributed by atoms with Gasteiger partial charge in [0, 0.05) is 49.4 Å². The number of hydrogen-bond acceptors (Lipinski definition) is 7. The Hall–Kier alpha value is -3.53. The minimum Gasteiger partial charge on any atom is -0.477 e. The van der Waals surface area contributed by atoms with E-state index in [2.05, 4.69) is 24.8 Å². The fraction of sp³-hybridized carbons (Fsp3) is 0.333. The molecule has 1 amide bonds. The molecule has 0 saturated carbocycles. The van der Waals surface area contributed by atoms with Crippen LogP contribution >= 0.6 is 0 Å². The molecule has 31 heavy (non-hydrogen) atoms. The normalized spacial score (nSPS) is 16.5. The van der Waals surface area contributed by atoms with Gasteiger partial charge in [0.2, 0.25) is 0 Å². The second-order valence-electron chi connectivity index (χ2n) is 7.13. The van der Waals surface area contributed by atoms with Gasteiger partial charge in [0.25, 0.3) is 11.8 Å². The lowest BCUT2D eigenvalue weighted by Gasteiger charge is -2.36. The summed E-state index contributed by atoms with van der Waals surface area (Å²) in [6, 6.07) is 6.51. The van der Waals surface area contributed by atoms with Gasteiger partial charge in [-0.1, -0.05) is 6.07 Å². The van der Waals surface area contributed by atoms with Crippen molar-refractivity contribution in [1.29, 1.82) is 0 Å². The standard InChI is InChI=1S/C21H23FN6O3/c1-23-19(29)16-6-4-14(11-24-16)28-9-7-27(8-10-28)12-13-3-5-15-18(17(13)22)26-20(30)21(25-15)31-2/h3-6,11H,7-10,12H2,1-2H3,(H,23,29)(H,26,30)/i1D3. The van der Waals surface area contributed by atoms with Crippen molar-refractivity contribution in [3.63, 3.8) is 0 Å². The zero-order chi connectivity index (χ0) is 24.5. The lowest BCUT2D eigenvalue weighted by molar-refractivity contribution is 0.0958. The number of ether oxygens (including phenoxy) is 1. The van der Waals surface area contributed by atoms with E-state index < -0.39 is 24.3 Å². The van der Waals surface area contributed by atoms with Crippen molar-refractivity contribution in [2.75, 3.05) is 45.2 Å². The molecule has 9 nitrogen and oxygen atoms in total. The number of nitrogens with zero attached hydrogens (tertiary/aromatic N) is 4. The number of H-pyrrole nitrogens is 1. The fourth-order valence-electron chi connectivity index (χ4n) is 3.59. The Morgan fingerprint density at radius 1 is 1.29 bits per heavy atom. The first-order valence-electron chi connectivity index (χ1n) is 11.2. The van der Waals surface area contributed by atoms with Crippen molar-refractivity contribution < 1.29 is 18.0 Å². The molecular weight excluding hydrogens is 403 g/mol. The van der Waals surface area contributed by atoms with Gasteiger partial charge in [0.05, 0.1) is 24.5 Å². The Balaban J connectivity index is 1.39. The summed E-state index contributed by atoms with van der Waals surface area (Å²) in [5, 5.41) is 1.91. The summed E-state index contributed by atoms with van der Waals surface area (Å²) in [6.45, 7) is 0.444. The molecule has 162 valence electrons. The molecule has 1 saturated heterocycles. The second-order valence-corrected chi connectivity index (χ2v) is 7.13. The monoisotopic (exact) mass is 429 g/mol. The van der Waals surface area contributed by atoms with E-state index in [0.29, 0.717) is 43.8 Å². The maximum Gasteiger partial charge on any atom is 0.311 e. The Labute approximate surface area is 182 Å². The van der Waals surface area contributed by atoms with Crippen LogP contribution in [0.15, 0.2) is 35.3 Å². The SMILES string of the molecule is [2H]C([2H])([2H])NC(=O)c1ccc(N2CCN(Cc3ccc4nc(OC)c(=O)[nH]c4c3F)CC2)cn1. The van der Waals surface area contributed by atoms with Gasteiger partial charge in [0.15, 0.2) is 5.82 Å². The smallest absolute Gasteiger partial charge is 0.311 e. The topological polar surface area (TPSA) is 103 Å². The van der Waals surface area contributed by atoms with Crippen molar-refractivity contribution in [2.24, 2.45) is 0 Å². The predicted molar refractivity (Wildman–Crippen MR) is 114 cm³/mol. The van der Waals surface area contributed by atoms with Crippen LogP contribution in [0.3, 0.4) is 0 Å². The van der Waals surface area contributed by atoms with Crippen LogP contribution < -0.4 is 20.5 Å². The van der Waals surface area contributed by atoms with Crippen molar-refractivity contribution in [3.05, 3.63) is 57.9 Å². The molecule has 3 heterocycles. The quantitative estimate of drug-likeness (QED) is 0.627. The number of pyridine rings is 1. The van der Waals surface area contributed by atoms with Crippen LogP contribution in [0.1, 0.15) is 20.2 Å². The first-order valence-corrected chi connectivity index (χ1v) is 9.66. The number of piperazine rings is 1. The number of carbonyl (C=O) groups excluding carboxylic acids is 1. The molecular formula is C21H23FN6O3. The lowest BCUT2D eigenvalue weighted by atomic mass is 10.1. The molecule has 10 heteroatoms. The van der Waals surface area contributed by atoms with Gasteiger partial charge in [-0.3, -0.25) is 14.5 Å². The molecule has 0 radical (unpaired) electrons. The van der Waals surface area contributed by atoms with Gasteiger partial charge in [-0.05, 0) is 18.2 Å². The Morgan fingerprint density at radius 3 is 2.77 bits per heavy atom. The van der Waals surface area contributed by atoms with Crippen LogP contribution in [0, 0.1) is 5.82 Å². The van der Waals surface area contributed by atoms with Crippen molar-refractivity contribution in [2.45, 2.75) is 6.54 Å². The summed E-state index contributed by atoms with van der Waals surface area (Å²) in [4.78, 5) is 38.6. The van der Waals surface area contributed by atoms with Crippen LogP contribution in [0.4, 0.5) is 10.1 Å². The molecule has 0 atom stereocenters. The van der Waals surface area contributed by atoms with Crippen molar-refractivity contribution in [1.82, 2.24) is 25.2 Å². The lowest BCUT2D eigenvalue weighted by Crippen LogP contribution is -2.46. The van der Waals surface area contributed by atoms with Gasteiger partial charge in [-0.25, -0.2) is 14.4 Å². The predicted octanol–water partition coefficient (Wildman–Crippen LogP) is 1.15. The molecule has 3 aromatic rings. The Morgan fingerprint density at radius 2 is 2.10 bits per heavy atom. The van der Waals surface area contributed by atoms with Crippen molar-refractivity contribution in [3.8, 4) is 5.88 Å². The van der Waals surface area contributed by atoms with Gasteiger partial charge in [0.1, 0.15) is 11.2 Å². The summed E-state index contributed by atoms with van der Waals surface area (Å²) in [7, 11) is 1.33. The molecule has 0 spiro atoms. The number of carbonyl (C=O) groups is 1. The van der Waals surface area contributed by atoms with Crippen LogP contribution in [0.25, 0.3) is 11.0 Å². The van der Waals surface area contributed by atoms with Crippen LogP contribution in [0.2, 0.25) is 0 Å². The largest absolute Gasteiger partial charge is 0.477 e. The molecule has 1 aliphatic heterocycles. The second kappa shape index (κ2) is 8.68. The molecule has 0 aliphatic carbocycles. The first kappa shape index (κ1) is 17.2. The molecule has 0 bridgehead atoms. The Bertz CT molecular complexity index is 1260. The van der Waals surface area contributed by atoms with Crippen LogP contribution in [-0.4, -0.2) is 66.0 Å². The highest BCUT2D eigenvalue weighted by Gasteiger charge is 2.20. The minimum absolute atomic E-state index is 0.0236. The number of rotatable bonds is 5. The number of aromatic nitrogens is 3. The van der Waals surface area contributed by atoms with Gasteiger partial charge in [-0.2, -0.15) is 0 Å². The highest BCUT2D eigenvalue weighted by molar-refractivity contribution is 5.92. The molecule has 2 aromatic heterocycles. The summed E-state index contributed by atoms with van der Waals surface area (Å²) >= 11 is 0. The third kappa shape index (κ3) is 4.19. The minimum atomic E-state index is -2.57. The van der Waals surface area contributed by atoms with Crippen LogP contribution in [-0.2, 0) is 6.54 Å². The molecule has 2 N–H and O–H groups in total. The van der Waals surface area contributed by atoms with E-state index >= 15 is 4.39 Å². The number of hydrogen-bond donors (Lipinski definition) is 2. The number of fused-ring (bicyclic) bond motifs is 1. The molecule has 1 fully saturated rings. The third-order valence-corrected chi connectivity index (χ3v) is 5.27. The molecule has 4 rings (SSSR count). The zero-order valence-corrected chi connectivity index (χ0v) is 16.8. The van der Waals surface area contributed by atoms with E-state index in [1.165, 1.54) is 19.4 Å². The van der Waals surface area contributed by atoms with Gasteiger partial charge in [-0.15, -0.1) is 0 Å². The molecule has 0 unspecified atom stereocenters. The highest BCUT2D eigenvalue weighted by Crippen LogP contribution is 2.21. The summed E-state index contributed by atoms with van der Waals surface area (Å²) in [5.74, 6) is -1.39. The maximum absolute atomic E-state index is 15.0. The fourth-order valence-corrected chi connectivity index (χ4v) is 3.59. The van der Waals surface area contributed by atoms with E-state index in [0.717, 1.165) is 5.69 Å².